The molecule has 3 rings (SSSR count). The van der Waals surface area contributed by atoms with Crippen molar-refractivity contribution in [2.24, 2.45) is 0 Å². The molecule has 1 aliphatic rings. The lowest BCUT2D eigenvalue weighted by Crippen LogP contribution is -2.20. The molecule has 4 heteroatoms. The van der Waals surface area contributed by atoms with E-state index in [0.29, 0.717) is 5.56 Å². The summed E-state index contributed by atoms with van der Waals surface area (Å²) in [6.07, 6.45) is 4.10. The molecule has 0 radical (unpaired) electrons. The molecule has 0 spiro atoms. The lowest BCUT2D eigenvalue weighted by atomic mass is 10.2. The first-order valence-electron chi connectivity index (χ1n) is 7.31. The lowest BCUT2D eigenvalue weighted by molar-refractivity contribution is 0.102. The highest BCUT2D eigenvalue weighted by molar-refractivity contribution is 6.04. The van der Waals surface area contributed by atoms with Crippen molar-refractivity contribution in [2.75, 3.05) is 23.3 Å². The highest BCUT2D eigenvalue weighted by atomic mass is 16.1. The second-order valence-electron chi connectivity index (χ2n) is 5.42. The number of rotatable bonds is 3. The Labute approximate surface area is 124 Å². The van der Waals surface area contributed by atoms with E-state index in [9.17, 15) is 4.79 Å². The first-order valence-corrected chi connectivity index (χ1v) is 7.31. The molecule has 2 aromatic rings. The summed E-state index contributed by atoms with van der Waals surface area (Å²) in [6.45, 7) is 4.06. The fourth-order valence-electron chi connectivity index (χ4n) is 2.60. The van der Waals surface area contributed by atoms with Crippen LogP contribution in [0.2, 0.25) is 0 Å². The van der Waals surface area contributed by atoms with Crippen molar-refractivity contribution < 1.29 is 4.79 Å². The van der Waals surface area contributed by atoms with Crippen LogP contribution in [0.1, 0.15) is 28.8 Å². The average molecular weight is 281 g/mol. The Morgan fingerprint density at radius 3 is 2.76 bits per heavy atom. The van der Waals surface area contributed by atoms with Crippen molar-refractivity contribution in [3.8, 4) is 0 Å². The molecule has 1 amide bonds. The third-order valence-corrected chi connectivity index (χ3v) is 3.71. The van der Waals surface area contributed by atoms with E-state index in [4.69, 9.17) is 0 Å². The summed E-state index contributed by atoms with van der Waals surface area (Å²) in [4.78, 5) is 18.9. The van der Waals surface area contributed by atoms with Crippen LogP contribution in [-0.2, 0) is 0 Å². The quantitative estimate of drug-likeness (QED) is 0.939. The number of anilines is 2. The second kappa shape index (κ2) is 5.95. The van der Waals surface area contributed by atoms with Gasteiger partial charge >= 0.3 is 0 Å². The van der Waals surface area contributed by atoms with Gasteiger partial charge in [0.15, 0.2) is 0 Å². The Morgan fingerprint density at radius 1 is 1.19 bits per heavy atom. The molecule has 0 saturated carbocycles. The molecule has 1 aliphatic heterocycles. The Bertz CT molecular complexity index is 648. The fourth-order valence-corrected chi connectivity index (χ4v) is 2.60. The van der Waals surface area contributed by atoms with Gasteiger partial charge in [-0.2, -0.15) is 0 Å². The van der Waals surface area contributed by atoms with Gasteiger partial charge in [-0.25, -0.2) is 4.98 Å². The zero-order valence-electron chi connectivity index (χ0n) is 12.2. The van der Waals surface area contributed by atoms with Gasteiger partial charge in [-0.15, -0.1) is 0 Å². The van der Waals surface area contributed by atoms with E-state index < -0.39 is 0 Å². The maximum absolute atomic E-state index is 12.3. The third kappa shape index (κ3) is 3.21. The van der Waals surface area contributed by atoms with Gasteiger partial charge in [0.2, 0.25) is 0 Å². The minimum Gasteiger partial charge on any atom is -0.357 e. The van der Waals surface area contributed by atoms with E-state index in [1.807, 2.05) is 37.3 Å². The van der Waals surface area contributed by atoms with Gasteiger partial charge < -0.3 is 10.2 Å². The lowest BCUT2D eigenvalue weighted by Gasteiger charge is -2.16. The van der Waals surface area contributed by atoms with Crippen LogP contribution in [-0.4, -0.2) is 24.0 Å². The maximum Gasteiger partial charge on any atom is 0.255 e. The number of aryl methyl sites for hydroxylation is 1. The summed E-state index contributed by atoms with van der Waals surface area (Å²) in [5, 5.41) is 2.93. The number of aromatic nitrogens is 1. The zero-order chi connectivity index (χ0) is 14.7. The number of carbonyl (C=O) groups excluding carboxylic acids is 1. The average Bonchev–Trinajstić information content (AvgIpc) is 3.02. The molecule has 21 heavy (non-hydrogen) atoms. The minimum absolute atomic E-state index is 0.0940. The Kier molecular flexibility index (Phi) is 3.86. The summed E-state index contributed by atoms with van der Waals surface area (Å²) >= 11 is 0. The monoisotopic (exact) mass is 281 g/mol. The predicted octanol–water partition coefficient (Wildman–Crippen LogP) is 3.24. The molecule has 1 fully saturated rings. The van der Waals surface area contributed by atoms with E-state index in [0.717, 1.165) is 30.2 Å². The molecule has 0 unspecified atom stereocenters. The van der Waals surface area contributed by atoms with Gasteiger partial charge in [0.25, 0.3) is 5.91 Å². The molecule has 0 atom stereocenters. The third-order valence-electron chi connectivity index (χ3n) is 3.71. The Morgan fingerprint density at radius 2 is 2.00 bits per heavy atom. The second-order valence-corrected chi connectivity index (χ2v) is 5.42. The van der Waals surface area contributed by atoms with Crippen LogP contribution in [0.4, 0.5) is 11.5 Å². The smallest absolute Gasteiger partial charge is 0.255 e. The fraction of sp³-hybridized carbons (Fsp3) is 0.294. The summed E-state index contributed by atoms with van der Waals surface area (Å²) in [6, 6.07) is 11.4. The van der Waals surface area contributed by atoms with Crippen LogP contribution < -0.4 is 10.2 Å². The highest BCUT2D eigenvalue weighted by Gasteiger charge is 2.15. The molecule has 108 valence electrons. The number of hydrogen-bond donors (Lipinski definition) is 1. The van der Waals surface area contributed by atoms with Crippen LogP contribution in [0, 0.1) is 6.92 Å². The topological polar surface area (TPSA) is 45.2 Å². The van der Waals surface area contributed by atoms with Crippen molar-refractivity contribution in [1.82, 2.24) is 4.98 Å². The SMILES string of the molecule is Cc1cccc(NC(=O)c2ccnc(N3CCCC3)c2)c1. The van der Waals surface area contributed by atoms with Crippen LogP contribution >= 0.6 is 0 Å². The number of benzene rings is 1. The van der Waals surface area contributed by atoms with E-state index in [1.54, 1.807) is 12.3 Å². The molecule has 4 nitrogen and oxygen atoms in total. The van der Waals surface area contributed by atoms with Crippen molar-refractivity contribution in [3.05, 3.63) is 53.7 Å². The molecule has 1 N–H and O–H groups in total. The molecule has 1 saturated heterocycles. The largest absolute Gasteiger partial charge is 0.357 e. The molecule has 2 heterocycles. The molecular formula is C17H19N3O. The molecular weight excluding hydrogens is 262 g/mol. The molecule has 1 aromatic heterocycles. The van der Waals surface area contributed by atoms with Gasteiger partial charge in [-0.1, -0.05) is 12.1 Å². The van der Waals surface area contributed by atoms with Crippen LogP contribution in [0.15, 0.2) is 42.6 Å². The standard InChI is InChI=1S/C17H19N3O/c1-13-5-4-6-15(11-13)19-17(21)14-7-8-18-16(12-14)20-9-2-3-10-20/h4-8,11-12H,2-3,9-10H2,1H3,(H,19,21). The van der Waals surface area contributed by atoms with Crippen molar-refractivity contribution in [1.29, 1.82) is 0 Å². The van der Waals surface area contributed by atoms with Crippen LogP contribution in [0.5, 0.6) is 0 Å². The Hall–Kier alpha value is -2.36. The normalized spacial score (nSPS) is 14.2. The zero-order valence-corrected chi connectivity index (χ0v) is 12.2. The summed E-state index contributed by atoms with van der Waals surface area (Å²) in [5.74, 6) is 0.799. The number of amides is 1. The van der Waals surface area contributed by atoms with Crippen molar-refractivity contribution in [2.45, 2.75) is 19.8 Å². The number of nitrogens with one attached hydrogen (secondary N) is 1. The highest BCUT2D eigenvalue weighted by Crippen LogP contribution is 2.19. The van der Waals surface area contributed by atoms with E-state index in [-0.39, 0.29) is 5.91 Å². The van der Waals surface area contributed by atoms with Gasteiger partial charge in [0.05, 0.1) is 0 Å². The molecule has 0 aliphatic carbocycles. The summed E-state index contributed by atoms with van der Waals surface area (Å²) in [5.41, 5.74) is 2.59. The number of hydrogen-bond acceptors (Lipinski definition) is 3. The molecule has 1 aromatic carbocycles. The number of pyridine rings is 1. The van der Waals surface area contributed by atoms with Crippen molar-refractivity contribution >= 4 is 17.4 Å². The van der Waals surface area contributed by atoms with E-state index in [2.05, 4.69) is 15.2 Å². The summed E-state index contributed by atoms with van der Waals surface area (Å²) in [7, 11) is 0. The van der Waals surface area contributed by atoms with Gasteiger partial charge in [0.1, 0.15) is 5.82 Å². The van der Waals surface area contributed by atoms with Gasteiger partial charge in [0, 0.05) is 30.5 Å². The maximum atomic E-state index is 12.3. The Balaban J connectivity index is 1.76. The van der Waals surface area contributed by atoms with E-state index >= 15 is 0 Å². The number of nitrogens with zero attached hydrogens (tertiary/aromatic N) is 2. The first-order chi connectivity index (χ1) is 10.2. The van der Waals surface area contributed by atoms with Gasteiger partial charge in [-0.3, -0.25) is 4.79 Å². The van der Waals surface area contributed by atoms with Crippen LogP contribution in [0.25, 0.3) is 0 Å². The first kappa shape index (κ1) is 13.6. The minimum atomic E-state index is -0.0940. The predicted molar refractivity (Wildman–Crippen MR) is 84.8 cm³/mol. The van der Waals surface area contributed by atoms with Crippen LogP contribution in [0.3, 0.4) is 0 Å². The number of carbonyl (C=O) groups is 1. The van der Waals surface area contributed by atoms with Crippen molar-refractivity contribution in [3.63, 3.8) is 0 Å². The summed E-state index contributed by atoms with van der Waals surface area (Å²) < 4.78 is 0. The molecule has 0 bridgehead atoms. The van der Waals surface area contributed by atoms with E-state index in [1.165, 1.54) is 12.8 Å². The van der Waals surface area contributed by atoms with Gasteiger partial charge in [-0.05, 0) is 49.6 Å².